The summed E-state index contributed by atoms with van der Waals surface area (Å²) in [5, 5.41) is 2.50. The van der Waals surface area contributed by atoms with E-state index in [1.54, 1.807) is 12.1 Å². The van der Waals surface area contributed by atoms with E-state index >= 15 is 0 Å². The number of nitrogens with two attached hydrogens (primary N) is 1. The molecule has 2 radical (unpaired) electrons. The van der Waals surface area contributed by atoms with E-state index in [0.717, 1.165) is 11.4 Å². The predicted octanol–water partition coefficient (Wildman–Crippen LogP) is 0.764. The first-order valence-electron chi connectivity index (χ1n) is 2.65. The molecule has 9 heavy (non-hydrogen) atoms. The van der Waals surface area contributed by atoms with Crippen molar-refractivity contribution in [2.45, 2.75) is 0 Å². The van der Waals surface area contributed by atoms with Gasteiger partial charge < -0.3 is 11.0 Å². The molecule has 0 amide bonds. The van der Waals surface area contributed by atoms with Crippen LogP contribution in [0.2, 0.25) is 0 Å². The van der Waals surface area contributed by atoms with E-state index in [2.05, 4.69) is 5.23 Å². The van der Waals surface area contributed by atoms with Gasteiger partial charge in [0.1, 0.15) is 0 Å². The van der Waals surface area contributed by atoms with Crippen molar-refractivity contribution in [3.8, 4) is 0 Å². The van der Waals surface area contributed by atoms with Crippen LogP contribution >= 0.6 is 0 Å². The summed E-state index contributed by atoms with van der Waals surface area (Å²) in [6.07, 6.45) is 0. The molecule has 2 nitrogen and oxygen atoms in total. The molecule has 44 valence electrons. The zero-order valence-corrected chi connectivity index (χ0v) is 4.96. The van der Waals surface area contributed by atoms with Gasteiger partial charge in [-0.3, -0.25) is 0 Å². The number of anilines is 2. The van der Waals surface area contributed by atoms with E-state index < -0.39 is 0 Å². The summed E-state index contributed by atoms with van der Waals surface area (Å²) in [5.41, 5.74) is 7.02. The second-order valence-electron chi connectivity index (χ2n) is 1.77. The quantitative estimate of drug-likeness (QED) is 0.422. The summed E-state index contributed by atoms with van der Waals surface area (Å²) in [6, 6.07) is 7.20. The van der Waals surface area contributed by atoms with Crippen LogP contribution in [0.25, 0.3) is 0 Å². The maximum atomic E-state index is 5.41. The number of hydrogen-bond acceptors (Lipinski definition) is 2. The van der Waals surface area contributed by atoms with E-state index in [4.69, 9.17) is 13.7 Å². The standard InChI is InChI=1S/C6H7BN2/c7-9-6-3-1-5(8)2-4-6/h1-4,9H,8H2. The normalized spacial score (nSPS) is 8.89. The Morgan fingerprint density at radius 2 is 1.78 bits per heavy atom. The van der Waals surface area contributed by atoms with E-state index in [1.807, 2.05) is 12.1 Å². The van der Waals surface area contributed by atoms with Gasteiger partial charge in [-0.2, -0.15) is 0 Å². The molecule has 0 heterocycles. The summed E-state index contributed by atoms with van der Waals surface area (Å²) >= 11 is 0. The summed E-state index contributed by atoms with van der Waals surface area (Å²) in [6.45, 7) is 0. The van der Waals surface area contributed by atoms with Crippen LogP contribution in [0.5, 0.6) is 0 Å². The van der Waals surface area contributed by atoms with Crippen molar-refractivity contribution >= 4 is 19.4 Å². The lowest BCUT2D eigenvalue weighted by molar-refractivity contribution is 1.66. The molecule has 3 heteroatoms. The van der Waals surface area contributed by atoms with Crippen molar-refractivity contribution in [2.75, 3.05) is 11.0 Å². The molecule has 1 aromatic carbocycles. The third-order valence-corrected chi connectivity index (χ3v) is 1.08. The fraction of sp³-hybridized carbons (Fsp3) is 0. The van der Waals surface area contributed by atoms with Crippen LogP contribution in [0.1, 0.15) is 0 Å². The first-order chi connectivity index (χ1) is 4.33. The highest BCUT2D eigenvalue weighted by Crippen LogP contribution is 2.08. The van der Waals surface area contributed by atoms with Gasteiger partial charge in [-0.15, -0.1) is 0 Å². The molecule has 0 spiro atoms. The molecule has 0 aliphatic rings. The molecule has 0 bridgehead atoms. The van der Waals surface area contributed by atoms with Crippen molar-refractivity contribution in [3.05, 3.63) is 24.3 Å². The molecule has 1 rings (SSSR count). The minimum atomic E-state index is 0.744. The molecule has 0 aliphatic heterocycles. The number of hydrogen-bond donors (Lipinski definition) is 2. The van der Waals surface area contributed by atoms with E-state index in [0.29, 0.717) is 0 Å². The first-order valence-corrected chi connectivity index (χ1v) is 2.65. The number of rotatable bonds is 1. The molecule has 0 fully saturated rings. The Morgan fingerprint density at radius 3 is 2.22 bits per heavy atom. The third-order valence-electron chi connectivity index (χ3n) is 1.08. The van der Waals surface area contributed by atoms with Crippen molar-refractivity contribution in [1.82, 2.24) is 0 Å². The second-order valence-corrected chi connectivity index (χ2v) is 1.77. The minimum Gasteiger partial charge on any atom is -0.437 e. The molecule has 0 atom stereocenters. The summed E-state index contributed by atoms with van der Waals surface area (Å²) in [7, 11) is 5.11. The lowest BCUT2D eigenvalue weighted by Gasteiger charge is -1.97. The van der Waals surface area contributed by atoms with Crippen LogP contribution in [-0.2, 0) is 0 Å². The topological polar surface area (TPSA) is 38.0 Å². The van der Waals surface area contributed by atoms with Crippen LogP contribution in [-0.4, -0.2) is 7.98 Å². The molecular formula is C6H7BN2. The molecule has 3 N–H and O–H groups in total. The number of nitrogen functional groups attached to an aromatic ring is 1. The van der Waals surface area contributed by atoms with Crippen molar-refractivity contribution < 1.29 is 0 Å². The average Bonchev–Trinajstić information content (AvgIpc) is 1.90. The highest BCUT2D eigenvalue weighted by atomic mass is 14.7. The molecule has 0 unspecified atom stereocenters. The Hall–Kier alpha value is -1.12. The van der Waals surface area contributed by atoms with Gasteiger partial charge in [-0.25, -0.2) is 0 Å². The zero-order chi connectivity index (χ0) is 6.69. The summed E-state index contributed by atoms with van der Waals surface area (Å²) < 4.78 is 0. The molecular weight excluding hydrogens is 111 g/mol. The van der Waals surface area contributed by atoms with Gasteiger partial charge >= 0.3 is 0 Å². The number of nitrogens with one attached hydrogen (secondary N) is 1. The second kappa shape index (κ2) is 2.44. The molecule has 1 aromatic rings. The van der Waals surface area contributed by atoms with Crippen LogP contribution in [0, 0.1) is 0 Å². The maximum Gasteiger partial charge on any atom is 0.222 e. The Kier molecular flexibility index (Phi) is 1.63. The van der Waals surface area contributed by atoms with Gasteiger partial charge in [0.05, 0.1) is 0 Å². The highest BCUT2D eigenvalue weighted by molar-refractivity contribution is 6.15. The van der Waals surface area contributed by atoms with Gasteiger partial charge in [0.25, 0.3) is 0 Å². The maximum absolute atomic E-state index is 5.41. The Labute approximate surface area is 55.5 Å². The summed E-state index contributed by atoms with van der Waals surface area (Å²) in [4.78, 5) is 0. The van der Waals surface area contributed by atoms with Gasteiger partial charge in [0.15, 0.2) is 0 Å². The lowest BCUT2D eigenvalue weighted by atomic mass is 10.2. The third kappa shape index (κ3) is 1.39. The molecule has 0 aromatic heterocycles. The van der Waals surface area contributed by atoms with Crippen molar-refractivity contribution in [3.63, 3.8) is 0 Å². The highest BCUT2D eigenvalue weighted by Gasteiger charge is 1.84. The lowest BCUT2D eigenvalue weighted by Crippen LogP contribution is -1.90. The van der Waals surface area contributed by atoms with E-state index in [9.17, 15) is 0 Å². The minimum absolute atomic E-state index is 0.744. The summed E-state index contributed by atoms with van der Waals surface area (Å²) in [5.74, 6) is 0. The predicted molar refractivity (Wildman–Crippen MR) is 40.2 cm³/mol. The zero-order valence-electron chi connectivity index (χ0n) is 4.96. The van der Waals surface area contributed by atoms with Gasteiger partial charge in [0.2, 0.25) is 7.98 Å². The van der Waals surface area contributed by atoms with Gasteiger partial charge in [-0.05, 0) is 24.3 Å². The van der Waals surface area contributed by atoms with Gasteiger partial charge in [-0.1, -0.05) is 0 Å². The molecule has 0 aliphatic carbocycles. The largest absolute Gasteiger partial charge is 0.437 e. The fourth-order valence-corrected chi connectivity index (χ4v) is 0.579. The van der Waals surface area contributed by atoms with Crippen molar-refractivity contribution in [2.24, 2.45) is 0 Å². The Morgan fingerprint density at radius 1 is 1.22 bits per heavy atom. The molecule has 0 saturated heterocycles. The average molecular weight is 118 g/mol. The van der Waals surface area contributed by atoms with Crippen LogP contribution in [0.15, 0.2) is 24.3 Å². The molecule has 0 saturated carbocycles. The Bertz CT molecular complexity index is 183. The van der Waals surface area contributed by atoms with Crippen molar-refractivity contribution in [1.29, 1.82) is 0 Å². The van der Waals surface area contributed by atoms with Crippen LogP contribution in [0.4, 0.5) is 11.4 Å². The van der Waals surface area contributed by atoms with E-state index in [1.165, 1.54) is 0 Å². The fourth-order valence-electron chi connectivity index (χ4n) is 0.579. The van der Waals surface area contributed by atoms with Crippen LogP contribution < -0.4 is 11.0 Å². The smallest absolute Gasteiger partial charge is 0.222 e. The van der Waals surface area contributed by atoms with Gasteiger partial charge in [0, 0.05) is 11.4 Å². The first kappa shape index (κ1) is 6.01. The van der Waals surface area contributed by atoms with E-state index in [-0.39, 0.29) is 0 Å². The monoisotopic (exact) mass is 118 g/mol. The van der Waals surface area contributed by atoms with Crippen LogP contribution in [0.3, 0.4) is 0 Å². The SMILES string of the molecule is [B]Nc1ccc(N)cc1. The number of benzene rings is 1. The Balaban J connectivity index is 2.88.